The molecule has 10 aromatic carbocycles. The van der Waals surface area contributed by atoms with E-state index in [4.69, 9.17) is 0 Å². The Hall–Kier alpha value is -7.68. The quantitative estimate of drug-likeness (QED) is 0.153. The lowest BCUT2D eigenvalue weighted by atomic mass is 9.81. The highest BCUT2D eigenvalue weighted by Gasteiger charge is 2.35. The fourth-order valence-electron chi connectivity index (χ4n) is 10.3. The number of anilines is 3. The van der Waals surface area contributed by atoms with E-state index in [0.29, 0.717) is 0 Å². The molecule has 0 radical (unpaired) electrons. The average Bonchev–Trinajstić information content (AvgIpc) is 3.77. The Labute approximate surface area is 356 Å². The molecule has 1 aliphatic rings. The molecular formula is C59H42N2. The molecule has 0 amide bonds. The number of rotatable bonds is 6. The Morgan fingerprint density at radius 3 is 1.77 bits per heavy atom. The van der Waals surface area contributed by atoms with Crippen LogP contribution < -0.4 is 4.90 Å². The normalized spacial score (nSPS) is 12.9. The Morgan fingerprint density at radius 1 is 0.361 bits per heavy atom. The molecule has 1 heterocycles. The van der Waals surface area contributed by atoms with Gasteiger partial charge in [0, 0.05) is 38.8 Å². The second-order valence-electron chi connectivity index (χ2n) is 16.9. The summed E-state index contributed by atoms with van der Waals surface area (Å²) in [5.74, 6) is 0. The average molecular weight is 779 g/mol. The zero-order chi connectivity index (χ0) is 40.7. The zero-order valence-corrected chi connectivity index (χ0v) is 34.2. The van der Waals surface area contributed by atoms with E-state index in [1.807, 2.05) is 0 Å². The highest BCUT2D eigenvalue weighted by molar-refractivity contribution is 6.12. The molecule has 0 aliphatic heterocycles. The summed E-state index contributed by atoms with van der Waals surface area (Å²) in [5, 5.41) is 7.57. The van der Waals surface area contributed by atoms with E-state index in [-0.39, 0.29) is 5.41 Å². The standard InChI is InChI=1S/C59H42N2/c1-59(2)54-25-9-5-20-50(54)51-36-30-41(38-55(51)59)47-19-6-10-26-56(47)60(42-31-33-43(34-32-42)61-57-27-11-7-21-52(57)53-22-8-12-28-58(53)61)44-17-13-16-40(37-44)46-23-14-24-48-45-18-4-3-15-39(45)29-35-49(46)48/h3-38H,1-2H3. The highest BCUT2D eigenvalue weighted by Crippen LogP contribution is 2.51. The van der Waals surface area contributed by atoms with Crippen LogP contribution in [0, 0.1) is 0 Å². The molecule has 11 aromatic rings. The molecule has 0 atom stereocenters. The minimum Gasteiger partial charge on any atom is -0.310 e. The van der Waals surface area contributed by atoms with Gasteiger partial charge in [-0.05, 0) is 121 Å². The third-order valence-corrected chi connectivity index (χ3v) is 13.2. The van der Waals surface area contributed by atoms with Crippen LogP contribution in [0.3, 0.4) is 0 Å². The number of para-hydroxylation sites is 3. The predicted octanol–water partition coefficient (Wildman–Crippen LogP) is 16.2. The van der Waals surface area contributed by atoms with Crippen LogP contribution in [-0.2, 0) is 5.41 Å². The molecule has 2 heteroatoms. The number of nitrogens with zero attached hydrogens (tertiary/aromatic N) is 2. The van der Waals surface area contributed by atoms with Gasteiger partial charge in [-0.3, -0.25) is 0 Å². The lowest BCUT2D eigenvalue weighted by molar-refractivity contribution is 0.660. The summed E-state index contributed by atoms with van der Waals surface area (Å²) in [7, 11) is 0. The van der Waals surface area contributed by atoms with Crippen molar-refractivity contribution >= 4 is 60.4 Å². The summed E-state index contributed by atoms with van der Waals surface area (Å²) in [4.78, 5) is 2.45. The van der Waals surface area contributed by atoms with Crippen molar-refractivity contribution in [1.82, 2.24) is 4.57 Å². The lowest BCUT2D eigenvalue weighted by Crippen LogP contribution is -2.15. The van der Waals surface area contributed by atoms with Gasteiger partial charge < -0.3 is 9.47 Å². The first-order valence-corrected chi connectivity index (χ1v) is 21.3. The predicted molar refractivity (Wildman–Crippen MR) is 259 cm³/mol. The lowest BCUT2D eigenvalue weighted by Gasteiger charge is -2.29. The van der Waals surface area contributed by atoms with E-state index in [0.717, 1.165) is 22.7 Å². The maximum absolute atomic E-state index is 2.45. The fourth-order valence-corrected chi connectivity index (χ4v) is 10.3. The first kappa shape index (κ1) is 35.3. The summed E-state index contributed by atoms with van der Waals surface area (Å²) in [6.45, 7) is 4.72. The molecule has 0 unspecified atom stereocenters. The van der Waals surface area contributed by atoms with Gasteiger partial charge >= 0.3 is 0 Å². The molecule has 0 saturated carbocycles. The highest BCUT2D eigenvalue weighted by atomic mass is 15.1. The van der Waals surface area contributed by atoms with Crippen molar-refractivity contribution < 1.29 is 0 Å². The van der Waals surface area contributed by atoms with Crippen LogP contribution in [-0.4, -0.2) is 4.57 Å². The molecular weight excluding hydrogens is 737 g/mol. The maximum atomic E-state index is 2.45. The van der Waals surface area contributed by atoms with Gasteiger partial charge in [-0.15, -0.1) is 0 Å². The van der Waals surface area contributed by atoms with Crippen LogP contribution in [0.1, 0.15) is 25.0 Å². The minimum atomic E-state index is -0.0999. The summed E-state index contributed by atoms with van der Waals surface area (Å²) in [5.41, 5.74) is 17.0. The van der Waals surface area contributed by atoms with Crippen LogP contribution in [0.5, 0.6) is 0 Å². The second kappa shape index (κ2) is 13.7. The third kappa shape index (κ3) is 5.49. The number of hydrogen-bond donors (Lipinski definition) is 0. The first-order valence-electron chi connectivity index (χ1n) is 21.3. The number of hydrogen-bond acceptors (Lipinski definition) is 1. The van der Waals surface area contributed by atoms with E-state index in [1.54, 1.807) is 0 Å². The van der Waals surface area contributed by atoms with Crippen molar-refractivity contribution in [2.45, 2.75) is 19.3 Å². The van der Waals surface area contributed by atoms with Gasteiger partial charge in [0.05, 0.1) is 16.7 Å². The molecule has 12 rings (SSSR count). The van der Waals surface area contributed by atoms with Gasteiger partial charge in [0.15, 0.2) is 0 Å². The molecule has 0 saturated heterocycles. The van der Waals surface area contributed by atoms with Crippen molar-refractivity contribution in [3.05, 3.63) is 230 Å². The Kier molecular flexibility index (Phi) is 7.92. The first-order chi connectivity index (χ1) is 30.0. The molecule has 1 aliphatic carbocycles. The van der Waals surface area contributed by atoms with Crippen LogP contribution >= 0.6 is 0 Å². The van der Waals surface area contributed by atoms with Crippen molar-refractivity contribution in [2.75, 3.05) is 4.90 Å². The summed E-state index contributed by atoms with van der Waals surface area (Å²) in [6.07, 6.45) is 0. The number of fused-ring (bicyclic) bond motifs is 9. The number of benzene rings is 10. The monoisotopic (exact) mass is 778 g/mol. The maximum Gasteiger partial charge on any atom is 0.0541 e. The SMILES string of the molecule is CC1(C)c2ccccc2-c2ccc(-c3ccccc3N(c3ccc(-n4c5ccccc5c5ccccc54)cc3)c3cccc(-c4cccc5c4ccc4ccccc45)c3)cc21. The minimum absolute atomic E-state index is 0.0999. The Balaban J connectivity index is 1.04. The molecule has 1 aromatic heterocycles. The van der Waals surface area contributed by atoms with Crippen molar-refractivity contribution in [2.24, 2.45) is 0 Å². The molecule has 0 N–H and O–H groups in total. The van der Waals surface area contributed by atoms with Crippen LogP contribution in [0.4, 0.5) is 17.1 Å². The van der Waals surface area contributed by atoms with Crippen LogP contribution in [0.25, 0.3) is 82.4 Å². The van der Waals surface area contributed by atoms with Crippen molar-refractivity contribution in [1.29, 1.82) is 0 Å². The molecule has 288 valence electrons. The van der Waals surface area contributed by atoms with E-state index >= 15 is 0 Å². The van der Waals surface area contributed by atoms with Gasteiger partial charge in [0.25, 0.3) is 0 Å². The Morgan fingerprint density at radius 2 is 0.967 bits per heavy atom. The summed E-state index contributed by atoms with van der Waals surface area (Å²) >= 11 is 0. The van der Waals surface area contributed by atoms with E-state index in [1.165, 1.54) is 87.9 Å². The van der Waals surface area contributed by atoms with Crippen molar-refractivity contribution in [3.63, 3.8) is 0 Å². The van der Waals surface area contributed by atoms with Gasteiger partial charge in [-0.25, -0.2) is 0 Å². The van der Waals surface area contributed by atoms with E-state index in [9.17, 15) is 0 Å². The number of aromatic nitrogens is 1. The van der Waals surface area contributed by atoms with Crippen LogP contribution in [0.2, 0.25) is 0 Å². The van der Waals surface area contributed by atoms with E-state index < -0.39 is 0 Å². The second-order valence-corrected chi connectivity index (χ2v) is 16.9. The molecule has 0 spiro atoms. The summed E-state index contributed by atoms with van der Waals surface area (Å²) in [6, 6.07) is 80.5. The van der Waals surface area contributed by atoms with Gasteiger partial charge in [-0.1, -0.05) is 172 Å². The smallest absolute Gasteiger partial charge is 0.0541 e. The van der Waals surface area contributed by atoms with Gasteiger partial charge in [0.1, 0.15) is 0 Å². The van der Waals surface area contributed by atoms with Crippen LogP contribution in [0.15, 0.2) is 218 Å². The van der Waals surface area contributed by atoms with E-state index in [2.05, 4.69) is 242 Å². The Bertz CT molecular complexity index is 3460. The fraction of sp³-hybridized carbons (Fsp3) is 0.0508. The summed E-state index contributed by atoms with van der Waals surface area (Å²) < 4.78 is 2.39. The molecule has 61 heavy (non-hydrogen) atoms. The van der Waals surface area contributed by atoms with Crippen molar-refractivity contribution in [3.8, 4) is 39.1 Å². The largest absolute Gasteiger partial charge is 0.310 e. The molecule has 2 nitrogen and oxygen atoms in total. The van der Waals surface area contributed by atoms with Gasteiger partial charge in [0.2, 0.25) is 0 Å². The third-order valence-electron chi connectivity index (χ3n) is 13.2. The molecule has 0 fully saturated rings. The zero-order valence-electron chi connectivity index (χ0n) is 34.2. The topological polar surface area (TPSA) is 8.17 Å². The van der Waals surface area contributed by atoms with Gasteiger partial charge in [-0.2, -0.15) is 0 Å². The molecule has 0 bridgehead atoms.